The highest BCUT2D eigenvalue weighted by atomic mass is 16.3. The highest BCUT2D eigenvalue weighted by molar-refractivity contribution is 6.35. The van der Waals surface area contributed by atoms with Gasteiger partial charge in [0.25, 0.3) is 0 Å². The lowest BCUT2D eigenvalue weighted by atomic mass is 9.90. The van der Waals surface area contributed by atoms with Gasteiger partial charge in [-0.1, -0.05) is 249 Å². The minimum absolute atomic E-state index is 0.896. The number of fused-ring (bicyclic) bond motifs is 34. The number of nitrogens with zero attached hydrogens (tertiary/aromatic N) is 3. The molecule has 0 saturated heterocycles. The van der Waals surface area contributed by atoms with E-state index >= 15 is 0 Å². The van der Waals surface area contributed by atoms with Gasteiger partial charge in [-0.25, -0.2) is 0 Å². The summed E-state index contributed by atoms with van der Waals surface area (Å²) in [5.74, 6) is 0. The molecular weight excluding hydrogens is 1360 g/mol. The monoisotopic (exact) mass is 1420 g/mol. The van der Waals surface area contributed by atoms with Crippen LogP contribution in [0.1, 0.15) is 0 Å². The summed E-state index contributed by atoms with van der Waals surface area (Å²) in [4.78, 5) is 0. The van der Waals surface area contributed by atoms with E-state index in [2.05, 4.69) is 353 Å². The van der Waals surface area contributed by atoms with Crippen molar-refractivity contribution in [2.45, 2.75) is 0 Å². The Morgan fingerprint density at radius 3 is 1.04 bits per heavy atom. The van der Waals surface area contributed by atoms with Gasteiger partial charge in [-0.2, -0.15) is 0 Å². The summed E-state index contributed by atoms with van der Waals surface area (Å²) in [6.07, 6.45) is 0. The van der Waals surface area contributed by atoms with Crippen LogP contribution >= 0.6 is 0 Å². The molecule has 20 aromatic carbocycles. The van der Waals surface area contributed by atoms with E-state index in [4.69, 9.17) is 13.3 Å². The molecule has 6 nitrogen and oxygen atoms in total. The Hall–Kier alpha value is -15.0. The van der Waals surface area contributed by atoms with E-state index in [-0.39, 0.29) is 0 Å². The lowest BCUT2D eigenvalue weighted by Gasteiger charge is -2.14. The molecule has 6 heteroatoms. The topological polar surface area (TPSA) is 54.2 Å². The van der Waals surface area contributed by atoms with E-state index in [9.17, 15) is 0 Å². The number of hydrogen-bond acceptors (Lipinski definition) is 3. The first-order valence-electron chi connectivity index (χ1n) is 38.4. The molecule has 26 rings (SSSR count). The van der Waals surface area contributed by atoms with Gasteiger partial charge >= 0.3 is 0 Å². The summed E-state index contributed by atoms with van der Waals surface area (Å²) in [6, 6.07) is 135. The van der Waals surface area contributed by atoms with Crippen LogP contribution in [0.15, 0.2) is 383 Å². The van der Waals surface area contributed by atoms with Gasteiger partial charge in [-0.3, -0.25) is 0 Å². The van der Waals surface area contributed by atoms with E-state index in [0.29, 0.717) is 0 Å². The first kappa shape index (κ1) is 61.1. The van der Waals surface area contributed by atoms with Crippen LogP contribution < -0.4 is 0 Å². The van der Waals surface area contributed by atoms with E-state index in [1.54, 1.807) is 0 Å². The van der Waals surface area contributed by atoms with Gasteiger partial charge in [0.2, 0.25) is 0 Å². The average molecular weight is 1420 g/mol. The summed E-state index contributed by atoms with van der Waals surface area (Å²) < 4.78 is 26.1. The second-order valence-corrected chi connectivity index (χ2v) is 30.0. The number of para-hydroxylation sites is 5. The van der Waals surface area contributed by atoms with Crippen LogP contribution in [0.3, 0.4) is 0 Å². The van der Waals surface area contributed by atoms with Crippen LogP contribution in [0, 0.1) is 0 Å². The van der Waals surface area contributed by atoms with Crippen molar-refractivity contribution in [3.05, 3.63) is 370 Å². The fourth-order valence-corrected chi connectivity index (χ4v) is 19.3. The molecule has 0 aliphatic heterocycles. The van der Waals surface area contributed by atoms with Crippen LogP contribution in [-0.4, -0.2) is 13.7 Å². The molecule has 0 radical (unpaired) electrons. The van der Waals surface area contributed by atoms with Gasteiger partial charge < -0.3 is 27.0 Å². The second kappa shape index (κ2) is 23.3. The number of hydrogen-bond donors (Lipinski definition) is 0. The molecule has 0 saturated carbocycles. The lowest BCUT2D eigenvalue weighted by molar-refractivity contribution is 0.668. The average Bonchev–Trinajstić information content (AvgIpc) is 1.52. The molecule has 0 spiro atoms. The van der Waals surface area contributed by atoms with E-state index in [1.165, 1.54) is 158 Å². The highest BCUT2D eigenvalue weighted by Crippen LogP contribution is 2.49. The first-order valence-corrected chi connectivity index (χ1v) is 38.4. The SMILES string of the molecule is c1ccc(-n2c3ccccc3c3cc4c5cc(-c6ccc7c(c6)c6c8ccccc8c8ccccc8c6n7-c6ccc7oc8ccccc8c7c6)ccc5c5ccccc5c4cc32)cc1.c1ccc2c(c1)oc1ccc(-c3ccc4c5c6ccccc6c6ccccc6c5n(-c5ccc6oc7ccccc7c6c5)c4c3)cc12. The minimum atomic E-state index is 0.896. The predicted molar refractivity (Wildman–Crippen MR) is 471 cm³/mol. The Morgan fingerprint density at radius 1 is 0.143 bits per heavy atom. The van der Waals surface area contributed by atoms with Crippen molar-refractivity contribution in [1.82, 2.24) is 13.7 Å². The first-order chi connectivity index (χ1) is 55.5. The Labute approximate surface area is 638 Å². The number of benzene rings is 20. The fraction of sp³-hybridized carbons (Fsp3) is 0. The zero-order valence-corrected chi connectivity index (χ0v) is 60.3. The third-order valence-corrected chi connectivity index (χ3v) is 24.2. The number of aromatic nitrogens is 3. The Bertz CT molecular complexity index is 8590. The summed E-state index contributed by atoms with van der Waals surface area (Å²) in [7, 11) is 0. The highest BCUT2D eigenvalue weighted by Gasteiger charge is 2.25. The van der Waals surface area contributed by atoms with Crippen LogP contribution in [0.4, 0.5) is 0 Å². The molecule has 0 amide bonds. The smallest absolute Gasteiger partial charge is 0.135 e. The van der Waals surface area contributed by atoms with Crippen molar-refractivity contribution in [3.8, 4) is 39.3 Å². The minimum Gasteiger partial charge on any atom is -0.456 e. The van der Waals surface area contributed by atoms with Gasteiger partial charge in [0.1, 0.15) is 33.5 Å². The van der Waals surface area contributed by atoms with Crippen molar-refractivity contribution in [2.75, 3.05) is 0 Å². The van der Waals surface area contributed by atoms with E-state index in [1.807, 2.05) is 30.3 Å². The van der Waals surface area contributed by atoms with Gasteiger partial charge in [-0.15, -0.1) is 0 Å². The molecule has 518 valence electrons. The maximum Gasteiger partial charge on any atom is 0.135 e. The summed E-state index contributed by atoms with van der Waals surface area (Å²) in [5.41, 5.74) is 20.7. The van der Waals surface area contributed by atoms with E-state index in [0.717, 1.165) is 88.3 Å². The normalized spacial score (nSPS) is 12.3. The van der Waals surface area contributed by atoms with Gasteiger partial charge in [0.05, 0.1) is 33.1 Å². The Kier molecular flexibility index (Phi) is 12.7. The van der Waals surface area contributed by atoms with E-state index < -0.39 is 0 Å². The standard InChI is InChI=1S/C62H36N2O.C44H25NO2/c1-2-14-39(15-3-1)63-56-24-12-10-20-46(56)53-35-51-50-32-37(26-29-45(50)41-16-4-5-19-44(41)52(51)36-58(53)63)38-27-30-57-55(33-38)61-48-22-8-6-17-42(48)43-18-7-9-23-49(43)62(61)64(57)40-28-31-60-54(34-40)47-21-11-13-25-59(47)65-60;1-3-13-33-29(9-1)30-10-2-4-14-34(30)44-43(33)35-20-17-27(26-18-21-41-36(23-26)31-11-5-7-15-39(31)46-41)24-38(35)45(44)28-19-22-42-37(25-28)32-12-6-8-16-40(32)47-42/h1-36H;1-25H. The number of furan rings is 3. The van der Waals surface area contributed by atoms with Gasteiger partial charge in [0.15, 0.2) is 0 Å². The van der Waals surface area contributed by atoms with Crippen molar-refractivity contribution in [2.24, 2.45) is 0 Å². The molecular formula is C106H61N3O3. The molecule has 6 aromatic heterocycles. The second-order valence-electron chi connectivity index (χ2n) is 30.0. The molecule has 0 fully saturated rings. The lowest BCUT2D eigenvalue weighted by Crippen LogP contribution is -1.95. The Balaban J connectivity index is 0.000000134. The summed E-state index contributed by atoms with van der Waals surface area (Å²) >= 11 is 0. The number of rotatable bonds is 5. The fourth-order valence-electron chi connectivity index (χ4n) is 19.3. The molecule has 0 aliphatic carbocycles. The van der Waals surface area contributed by atoms with Crippen LogP contribution in [0.5, 0.6) is 0 Å². The van der Waals surface area contributed by atoms with Crippen LogP contribution in [-0.2, 0) is 0 Å². The van der Waals surface area contributed by atoms with Crippen molar-refractivity contribution in [1.29, 1.82) is 0 Å². The predicted octanol–water partition coefficient (Wildman–Crippen LogP) is 29.8. The molecule has 0 unspecified atom stereocenters. The van der Waals surface area contributed by atoms with Crippen LogP contribution in [0.2, 0.25) is 0 Å². The van der Waals surface area contributed by atoms with Crippen molar-refractivity contribution >= 4 is 207 Å². The van der Waals surface area contributed by atoms with Crippen molar-refractivity contribution in [3.63, 3.8) is 0 Å². The molecule has 0 N–H and O–H groups in total. The zero-order chi connectivity index (χ0) is 73.0. The maximum absolute atomic E-state index is 6.32. The largest absolute Gasteiger partial charge is 0.456 e. The van der Waals surface area contributed by atoms with Crippen molar-refractivity contribution < 1.29 is 13.3 Å². The van der Waals surface area contributed by atoms with Gasteiger partial charge in [0, 0.05) is 92.5 Å². The summed E-state index contributed by atoms with van der Waals surface area (Å²) in [6.45, 7) is 0. The van der Waals surface area contributed by atoms with Crippen LogP contribution in [0.25, 0.3) is 246 Å². The molecule has 0 atom stereocenters. The summed E-state index contributed by atoms with van der Waals surface area (Å²) in [5, 5.41) is 31.9. The zero-order valence-electron chi connectivity index (χ0n) is 60.3. The maximum atomic E-state index is 6.32. The molecule has 26 aromatic rings. The molecule has 112 heavy (non-hydrogen) atoms. The third-order valence-electron chi connectivity index (χ3n) is 24.2. The quantitative estimate of drug-likeness (QED) is 0.161. The Morgan fingerprint density at radius 2 is 0.473 bits per heavy atom. The van der Waals surface area contributed by atoms with Gasteiger partial charge in [-0.05, 0) is 208 Å². The molecule has 0 bridgehead atoms. The third kappa shape index (κ3) is 8.74. The molecule has 6 heterocycles. The molecule has 0 aliphatic rings.